The molecule has 0 amide bonds. The Morgan fingerprint density at radius 1 is 1.30 bits per heavy atom. The lowest BCUT2D eigenvalue weighted by Gasteiger charge is -2.13. The van der Waals surface area contributed by atoms with Crippen molar-refractivity contribution in [3.63, 3.8) is 0 Å². The summed E-state index contributed by atoms with van der Waals surface area (Å²) in [5.74, 6) is 0.589. The molecule has 4 heteroatoms. The van der Waals surface area contributed by atoms with E-state index < -0.39 is 0 Å². The maximum atomic E-state index is 11.4. The number of rotatable bonds is 7. The van der Waals surface area contributed by atoms with Crippen molar-refractivity contribution in [3.05, 3.63) is 41.5 Å². The van der Waals surface area contributed by atoms with Gasteiger partial charge in [0, 0.05) is 18.2 Å². The molecular weight excluding hydrogens is 254 g/mol. The molecule has 0 aliphatic carbocycles. The number of carbonyl (C=O) groups is 1. The molecule has 0 fully saturated rings. The Kier molecular flexibility index (Phi) is 6.81. The quantitative estimate of drug-likeness (QED) is 0.615. The summed E-state index contributed by atoms with van der Waals surface area (Å²) in [6.45, 7) is 4.65. The summed E-state index contributed by atoms with van der Waals surface area (Å²) in [7, 11) is 3.06. The molecule has 0 heterocycles. The Balaban J connectivity index is 2.55. The van der Waals surface area contributed by atoms with Gasteiger partial charge in [0.2, 0.25) is 0 Å². The molecule has 4 nitrogen and oxygen atoms in total. The first-order chi connectivity index (χ1) is 9.62. The third kappa shape index (κ3) is 4.70. The molecular formula is C16H23NO3. The van der Waals surface area contributed by atoms with Gasteiger partial charge in [-0.25, -0.2) is 4.79 Å². The molecule has 0 aromatic heterocycles. The Labute approximate surface area is 120 Å². The molecule has 0 aliphatic heterocycles. The third-order valence-corrected chi connectivity index (χ3v) is 3.22. The van der Waals surface area contributed by atoms with Crippen molar-refractivity contribution in [2.24, 2.45) is 0 Å². The molecule has 0 spiro atoms. The van der Waals surface area contributed by atoms with Gasteiger partial charge in [-0.3, -0.25) is 0 Å². The predicted molar refractivity (Wildman–Crippen MR) is 79.8 cm³/mol. The number of methoxy groups -OCH3 is 2. The monoisotopic (exact) mass is 277 g/mol. The van der Waals surface area contributed by atoms with Crippen LogP contribution in [-0.4, -0.2) is 26.7 Å². The number of hydrogen-bond donors (Lipinski definition) is 1. The van der Waals surface area contributed by atoms with Crippen LogP contribution in [0.3, 0.4) is 0 Å². The molecule has 1 aromatic carbocycles. The summed E-state index contributed by atoms with van der Waals surface area (Å²) in [5, 5.41) is 3.36. The van der Waals surface area contributed by atoms with Crippen molar-refractivity contribution < 1.29 is 14.3 Å². The van der Waals surface area contributed by atoms with E-state index in [-0.39, 0.29) is 12.0 Å². The van der Waals surface area contributed by atoms with Crippen LogP contribution in [0.4, 0.5) is 0 Å². The second kappa shape index (κ2) is 8.38. The first-order valence-electron chi connectivity index (χ1n) is 6.77. The molecule has 0 unspecified atom stereocenters. The number of carbonyl (C=O) groups excluding carboxylic acids is 1. The van der Waals surface area contributed by atoms with E-state index in [0.29, 0.717) is 18.5 Å². The highest BCUT2D eigenvalue weighted by Crippen LogP contribution is 2.17. The van der Waals surface area contributed by atoms with E-state index in [4.69, 9.17) is 9.47 Å². The van der Waals surface area contributed by atoms with Crippen molar-refractivity contribution in [1.82, 2.24) is 5.32 Å². The van der Waals surface area contributed by atoms with Crippen molar-refractivity contribution in [2.75, 3.05) is 20.8 Å². The van der Waals surface area contributed by atoms with E-state index in [1.54, 1.807) is 7.11 Å². The van der Waals surface area contributed by atoms with Gasteiger partial charge >= 0.3 is 5.97 Å². The van der Waals surface area contributed by atoms with E-state index >= 15 is 0 Å². The van der Waals surface area contributed by atoms with Crippen LogP contribution in [0.5, 0.6) is 5.75 Å². The first kappa shape index (κ1) is 16.2. The molecule has 1 rings (SSSR count). The van der Waals surface area contributed by atoms with Crippen molar-refractivity contribution in [3.8, 4) is 5.75 Å². The fraction of sp³-hybridized carbons (Fsp3) is 0.438. The SMILES string of the molecule is CC/C(=C/CN[C@@H](C)c1ccc(OC)cc1)C(=O)OC. The maximum absolute atomic E-state index is 11.4. The molecule has 1 N–H and O–H groups in total. The van der Waals surface area contributed by atoms with Gasteiger partial charge in [-0.15, -0.1) is 0 Å². The largest absolute Gasteiger partial charge is 0.497 e. The Morgan fingerprint density at radius 3 is 2.45 bits per heavy atom. The summed E-state index contributed by atoms with van der Waals surface area (Å²) in [6, 6.07) is 8.14. The maximum Gasteiger partial charge on any atom is 0.333 e. The van der Waals surface area contributed by atoms with Gasteiger partial charge in [0.05, 0.1) is 14.2 Å². The fourth-order valence-corrected chi connectivity index (χ4v) is 1.87. The lowest BCUT2D eigenvalue weighted by atomic mass is 10.1. The topological polar surface area (TPSA) is 47.6 Å². The Bertz CT molecular complexity index is 451. The molecule has 1 atom stereocenters. The third-order valence-electron chi connectivity index (χ3n) is 3.22. The lowest BCUT2D eigenvalue weighted by Crippen LogP contribution is -2.19. The molecule has 0 aliphatic rings. The first-order valence-corrected chi connectivity index (χ1v) is 6.77. The minimum Gasteiger partial charge on any atom is -0.497 e. The molecule has 110 valence electrons. The minimum absolute atomic E-state index is 0.202. The zero-order valence-corrected chi connectivity index (χ0v) is 12.6. The van der Waals surface area contributed by atoms with Crippen LogP contribution in [-0.2, 0) is 9.53 Å². The molecule has 0 radical (unpaired) electrons. The average Bonchev–Trinajstić information content (AvgIpc) is 2.50. The average molecular weight is 277 g/mol. The van der Waals surface area contributed by atoms with Gasteiger partial charge < -0.3 is 14.8 Å². The normalized spacial score (nSPS) is 12.9. The van der Waals surface area contributed by atoms with Gasteiger partial charge in [0.15, 0.2) is 0 Å². The highest BCUT2D eigenvalue weighted by Gasteiger charge is 2.07. The van der Waals surface area contributed by atoms with Gasteiger partial charge in [-0.2, -0.15) is 0 Å². The van der Waals surface area contributed by atoms with Gasteiger partial charge in [-0.05, 0) is 31.0 Å². The molecule has 1 aromatic rings. The van der Waals surface area contributed by atoms with Gasteiger partial charge in [-0.1, -0.05) is 25.1 Å². The summed E-state index contributed by atoms with van der Waals surface area (Å²) in [5.41, 5.74) is 1.87. The van der Waals surface area contributed by atoms with Crippen LogP contribution in [0.25, 0.3) is 0 Å². The van der Waals surface area contributed by atoms with E-state index in [0.717, 1.165) is 5.75 Å². The highest BCUT2D eigenvalue weighted by molar-refractivity contribution is 5.88. The summed E-state index contributed by atoms with van der Waals surface area (Å²) >= 11 is 0. The number of hydrogen-bond acceptors (Lipinski definition) is 4. The smallest absolute Gasteiger partial charge is 0.333 e. The number of esters is 1. The van der Waals surface area contributed by atoms with Crippen LogP contribution in [0, 0.1) is 0 Å². The summed E-state index contributed by atoms with van der Waals surface area (Å²) < 4.78 is 9.86. The van der Waals surface area contributed by atoms with E-state index in [1.165, 1.54) is 12.7 Å². The fourth-order valence-electron chi connectivity index (χ4n) is 1.87. The van der Waals surface area contributed by atoms with Crippen LogP contribution in [0.1, 0.15) is 31.9 Å². The minimum atomic E-state index is -0.258. The van der Waals surface area contributed by atoms with E-state index in [2.05, 4.69) is 12.2 Å². The number of benzene rings is 1. The Morgan fingerprint density at radius 2 is 1.95 bits per heavy atom. The zero-order chi connectivity index (χ0) is 15.0. The van der Waals surface area contributed by atoms with Crippen LogP contribution >= 0.6 is 0 Å². The van der Waals surface area contributed by atoms with Crippen molar-refractivity contribution in [2.45, 2.75) is 26.3 Å². The zero-order valence-electron chi connectivity index (χ0n) is 12.6. The van der Waals surface area contributed by atoms with E-state index in [9.17, 15) is 4.79 Å². The highest BCUT2D eigenvalue weighted by atomic mass is 16.5. The predicted octanol–water partition coefficient (Wildman–Crippen LogP) is 2.86. The number of nitrogens with one attached hydrogen (secondary N) is 1. The molecule has 0 bridgehead atoms. The second-order valence-corrected chi connectivity index (χ2v) is 4.48. The summed E-state index contributed by atoms with van der Waals surface area (Å²) in [6.07, 6.45) is 2.55. The van der Waals surface area contributed by atoms with Gasteiger partial charge in [0.25, 0.3) is 0 Å². The summed E-state index contributed by atoms with van der Waals surface area (Å²) in [4.78, 5) is 11.4. The molecule has 20 heavy (non-hydrogen) atoms. The standard InChI is InChI=1S/C16H23NO3/c1-5-13(16(18)20-4)10-11-17-12(2)14-6-8-15(19-3)9-7-14/h6-10,12,17H,5,11H2,1-4H3/b13-10-/t12-/m0/s1. The van der Waals surface area contributed by atoms with Crippen LogP contribution < -0.4 is 10.1 Å². The lowest BCUT2D eigenvalue weighted by molar-refractivity contribution is -0.136. The van der Waals surface area contributed by atoms with Crippen molar-refractivity contribution in [1.29, 1.82) is 0 Å². The van der Waals surface area contributed by atoms with Gasteiger partial charge in [0.1, 0.15) is 5.75 Å². The number of ether oxygens (including phenoxy) is 2. The van der Waals surface area contributed by atoms with Crippen LogP contribution in [0.15, 0.2) is 35.9 Å². The van der Waals surface area contributed by atoms with Crippen LogP contribution in [0.2, 0.25) is 0 Å². The second-order valence-electron chi connectivity index (χ2n) is 4.48. The van der Waals surface area contributed by atoms with Crippen molar-refractivity contribution >= 4 is 5.97 Å². The molecule has 0 saturated carbocycles. The Hall–Kier alpha value is -1.81. The van der Waals surface area contributed by atoms with E-state index in [1.807, 2.05) is 37.3 Å². The molecule has 0 saturated heterocycles.